The molecule has 2 heterocycles. The number of hydrogen-bond donors (Lipinski definition) is 1. The molecule has 0 aliphatic carbocycles. The summed E-state index contributed by atoms with van der Waals surface area (Å²) in [6.07, 6.45) is 9.41. The molecule has 0 bridgehead atoms. The van der Waals surface area contributed by atoms with Gasteiger partial charge in [0.05, 0.1) is 6.10 Å². The van der Waals surface area contributed by atoms with Crippen molar-refractivity contribution >= 4 is 17.3 Å². The van der Waals surface area contributed by atoms with Crippen molar-refractivity contribution in [2.75, 3.05) is 26.2 Å². The van der Waals surface area contributed by atoms with E-state index in [0.29, 0.717) is 6.10 Å². The average Bonchev–Trinajstić information content (AvgIpc) is 2.78. The number of nitrogens with one attached hydrogen (secondary N) is 1. The van der Waals surface area contributed by atoms with Crippen LogP contribution in [-0.4, -0.2) is 42.4 Å². The Kier molecular flexibility index (Phi) is 5.52. The molecule has 98 valence electrons. The second-order valence-electron chi connectivity index (χ2n) is 5.08. The average molecular weight is 256 g/mol. The predicted octanol–water partition coefficient (Wildman–Crippen LogP) is 2.31. The van der Waals surface area contributed by atoms with Gasteiger partial charge in [0.25, 0.3) is 0 Å². The quantitative estimate of drug-likeness (QED) is 0.766. The van der Waals surface area contributed by atoms with Gasteiger partial charge in [-0.1, -0.05) is 19.3 Å². The summed E-state index contributed by atoms with van der Waals surface area (Å²) in [4.78, 5) is 2.34. The summed E-state index contributed by atoms with van der Waals surface area (Å²) in [5.74, 6) is 0. The van der Waals surface area contributed by atoms with Crippen molar-refractivity contribution in [2.45, 2.75) is 51.0 Å². The molecule has 2 aliphatic heterocycles. The van der Waals surface area contributed by atoms with Crippen LogP contribution in [0.2, 0.25) is 0 Å². The maximum atomic E-state index is 5.59. The first-order valence-corrected chi connectivity index (χ1v) is 7.41. The number of nitrogens with zero attached hydrogens (tertiary/aromatic N) is 1. The highest BCUT2D eigenvalue weighted by atomic mass is 32.1. The summed E-state index contributed by atoms with van der Waals surface area (Å²) in [5, 5.41) is 4.31. The van der Waals surface area contributed by atoms with Gasteiger partial charge < -0.3 is 15.0 Å². The largest absolute Gasteiger partial charge is 0.376 e. The zero-order chi connectivity index (χ0) is 11.9. The second kappa shape index (κ2) is 7.17. The Morgan fingerprint density at radius 1 is 1.12 bits per heavy atom. The van der Waals surface area contributed by atoms with Crippen LogP contribution in [0.3, 0.4) is 0 Å². The lowest BCUT2D eigenvalue weighted by atomic mass is 10.1. The first kappa shape index (κ1) is 13.1. The van der Waals surface area contributed by atoms with Gasteiger partial charge in [-0.05, 0) is 37.9 Å². The highest BCUT2D eigenvalue weighted by Gasteiger charge is 2.17. The van der Waals surface area contributed by atoms with Crippen LogP contribution < -0.4 is 5.32 Å². The minimum absolute atomic E-state index is 0.378. The number of hydrogen-bond acceptors (Lipinski definition) is 2. The van der Waals surface area contributed by atoms with E-state index < -0.39 is 0 Å². The molecule has 0 aromatic heterocycles. The summed E-state index contributed by atoms with van der Waals surface area (Å²) in [7, 11) is 0. The summed E-state index contributed by atoms with van der Waals surface area (Å²) >= 11 is 5.47. The van der Waals surface area contributed by atoms with E-state index >= 15 is 0 Å². The van der Waals surface area contributed by atoms with Gasteiger partial charge >= 0.3 is 0 Å². The third-order valence-electron chi connectivity index (χ3n) is 3.65. The van der Waals surface area contributed by atoms with Crippen molar-refractivity contribution in [3.63, 3.8) is 0 Å². The summed E-state index contributed by atoms with van der Waals surface area (Å²) in [6.45, 7) is 4.05. The van der Waals surface area contributed by atoms with Gasteiger partial charge in [0.15, 0.2) is 5.11 Å². The normalized spacial score (nSPS) is 26.4. The number of rotatable bonds is 2. The topological polar surface area (TPSA) is 24.5 Å². The van der Waals surface area contributed by atoms with Crippen LogP contribution in [0.25, 0.3) is 0 Å². The Labute approximate surface area is 110 Å². The van der Waals surface area contributed by atoms with Gasteiger partial charge in [-0.25, -0.2) is 0 Å². The summed E-state index contributed by atoms with van der Waals surface area (Å²) < 4.78 is 5.59. The first-order chi connectivity index (χ1) is 8.36. The molecule has 3 nitrogen and oxygen atoms in total. The lowest BCUT2D eigenvalue weighted by molar-refractivity contribution is 0.113. The fourth-order valence-electron chi connectivity index (χ4n) is 2.57. The zero-order valence-corrected chi connectivity index (χ0v) is 11.4. The third-order valence-corrected chi connectivity index (χ3v) is 4.05. The van der Waals surface area contributed by atoms with E-state index in [4.69, 9.17) is 17.0 Å². The van der Waals surface area contributed by atoms with E-state index in [0.717, 1.165) is 31.4 Å². The highest BCUT2D eigenvalue weighted by molar-refractivity contribution is 7.80. The van der Waals surface area contributed by atoms with Crippen molar-refractivity contribution in [3.05, 3.63) is 0 Å². The Hall–Kier alpha value is -0.350. The molecule has 2 saturated heterocycles. The molecular weight excluding hydrogens is 232 g/mol. The van der Waals surface area contributed by atoms with Crippen molar-refractivity contribution in [1.82, 2.24) is 10.2 Å². The molecule has 2 aliphatic rings. The molecule has 2 fully saturated rings. The molecule has 1 atom stereocenters. The molecule has 17 heavy (non-hydrogen) atoms. The molecule has 4 heteroatoms. The number of ether oxygens (including phenoxy) is 1. The van der Waals surface area contributed by atoms with Crippen LogP contribution >= 0.6 is 12.2 Å². The molecule has 1 N–H and O–H groups in total. The Morgan fingerprint density at radius 3 is 2.47 bits per heavy atom. The molecule has 1 unspecified atom stereocenters. The van der Waals surface area contributed by atoms with E-state index in [2.05, 4.69) is 10.2 Å². The molecule has 0 amide bonds. The maximum absolute atomic E-state index is 5.59. The van der Waals surface area contributed by atoms with Crippen LogP contribution in [0.5, 0.6) is 0 Å². The molecule has 0 radical (unpaired) electrons. The van der Waals surface area contributed by atoms with Crippen LogP contribution in [0.4, 0.5) is 0 Å². The van der Waals surface area contributed by atoms with E-state index in [-0.39, 0.29) is 0 Å². The number of likely N-dealkylation sites (tertiary alicyclic amines) is 1. The van der Waals surface area contributed by atoms with Gasteiger partial charge in [-0.3, -0.25) is 0 Å². The van der Waals surface area contributed by atoms with Crippen LogP contribution in [-0.2, 0) is 4.74 Å². The van der Waals surface area contributed by atoms with Gasteiger partial charge in [-0.2, -0.15) is 0 Å². The highest BCUT2D eigenvalue weighted by Crippen LogP contribution is 2.12. The van der Waals surface area contributed by atoms with Gasteiger partial charge in [0.1, 0.15) is 0 Å². The zero-order valence-electron chi connectivity index (χ0n) is 10.6. The van der Waals surface area contributed by atoms with E-state index in [1.165, 1.54) is 44.9 Å². The monoisotopic (exact) mass is 256 g/mol. The molecule has 2 rings (SSSR count). The molecule has 0 aromatic rings. The lowest BCUT2D eigenvalue weighted by Crippen LogP contribution is -2.43. The minimum atomic E-state index is 0.378. The number of thiocarbonyl (C=S) groups is 1. The smallest absolute Gasteiger partial charge is 0.169 e. The van der Waals surface area contributed by atoms with E-state index in [1.807, 2.05) is 0 Å². The third kappa shape index (κ3) is 4.43. The van der Waals surface area contributed by atoms with Crippen LogP contribution in [0, 0.1) is 0 Å². The Morgan fingerprint density at radius 2 is 1.82 bits per heavy atom. The van der Waals surface area contributed by atoms with Crippen LogP contribution in [0.15, 0.2) is 0 Å². The van der Waals surface area contributed by atoms with Gasteiger partial charge in [-0.15, -0.1) is 0 Å². The minimum Gasteiger partial charge on any atom is -0.376 e. The van der Waals surface area contributed by atoms with Gasteiger partial charge in [0, 0.05) is 26.2 Å². The predicted molar refractivity (Wildman–Crippen MR) is 74.2 cm³/mol. The van der Waals surface area contributed by atoms with Crippen molar-refractivity contribution in [1.29, 1.82) is 0 Å². The Bertz CT molecular complexity index is 234. The fourth-order valence-corrected chi connectivity index (χ4v) is 2.83. The molecule has 0 aromatic carbocycles. The van der Waals surface area contributed by atoms with Crippen LogP contribution in [0.1, 0.15) is 44.9 Å². The Balaban J connectivity index is 1.69. The van der Waals surface area contributed by atoms with E-state index in [9.17, 15) is 0 Å². The molecule has 0 spiro atoms. The standard InChI is InChI=1S/C13H24N2OS/c17-13(14-11-12-7-6-10-16-12)15-8-4-2-1-3-5-9-15/h12H,1-11H2,(H,14,17). The van der Waals surface area contributed by atoms with Gasteiger partial charge in [0.2, 0.25) is 0 Å². The van der Waals surface area contributed by atoms with Crippen molar-refractivity contribution in [3.8, 4) is 0 Å². The maximum Gasteiger partial charge on any atom is 0.169 e. The molecular formula is C13H24N2OS. The van der Waals surface area contributed by atoms with Crippen molar-refractivity contribution < 1.29 is 4.74 Å². The second-order valence-corrected chi connectivity index (χ2v) is 5.46. The summed E-state index contributed by atoms with van der Waals surface area (Å²) in [6, 6.07) is 0. The molecule has 0 saturated carbocycles. The first-order valence-electron chi connectivity index (χ1n) is 7.00. The fraction of sp³-hybridized carbons (Fsp3) is 0.923. The lowest BCUT2D eigenvalue weighted by Gasteiger charge is -2.28. The van der Waals surface area contributed by atoms with Crippen molar-refractivity contribution in [2.24, 2.45) is 0 Å². The summed E-state index contributed by atoms with van der Waals surface area (Å²) in [5.41, 5.74) is 0. The SMILES string of the molecule is S=C(NCC1CCCO1)N1CCCCCCC1. The van der Waals surface area contributed by atoms with E-state index in [1.54, 1.807) is 0 Å².